The van der Waals surface area contributed by atoms with E-state index in [1.807, 2.05) is 43.3 Å². The zero-order valence-electron chi connectivity index (χ0n) is 15.9. The molecule has 3 N–H and O–H groups in total. The number of carbonyl (C=O) groups excluding carboxylic acids is 2. The van der Waals surface area contributed by atoms with Crippen molar-refractivity contribution < 1.29 is 18.7 Å². The smallest absolute Gasteiger partial charge is 0.287 e. The van der Waals surface area contributed by atoms with E-state index in [2.05, 4.69) is 5.32 Å². The molecule has 2 amide bonds. The number of hydrogen-bond acceptors (Lipinski definition) is 5. The number of benzene rings is 2. The summed E-state index contributed by atoms with van der Waals surface area (Å²) >= 11 is 0. The quantitative estimate of drug-likeness (QED) is 0.584. The van der Waals surface area contributed by atoms with Gasteiger partial charge < -0.3 is 25.1 Å². The van der Waals surface area contributed by atoms with E-state index < -0.39 is 5.91 Å². The van der Waals surface area contributed by atoms with Crippen LogP contribution in [0.25, 0.3) is 11.0 Å². The van der Waals surface area contributed by atoms with Gasteiger partial charge in [-0.05, 0) is 44.4 Å². The monoisotopic (exact) mass is 381 g/mol. The molecule has 3 aromatic rings. The predicted molar refractivity (Wildman–Crippen MR) is 106 cm³/mol. The topological polar surface area (TPSA) is 97.8 Å². The number of ether oxygens (including phenoxy) is 1. The molecule has 1 aromatic heterocycles. The Morgan fingerprint density at radius 1 is 1.11 bits per heavy atom. The number of furan rings is 1. The highest BCUT2D eigenvalue weighted by Gasteiger charge is 2.20. The molecule has 7 nitrogen and oxygen atoms in total. The van der Waals surface area contributed by atoms with Crippen molar-refractivity contribution in [1.82, 2.24) is 10.2 Å². The Kier molecular flexibility index (Phi) is 5.96. The van der Waals surface area contributed by atoms with E-state index in [9.17, 15) is 9.59 Å². The molecule has 146 valence electrons. The van der Waals surface area contributed by atoms with Crippen molar-refractivity contribution in [3.8, 4) is 5.75 Å². The van der Waals surface area contributed by atoms with Crippen molar-refractivity contribution in [1.29, 1.82) is 0 Å². The van der Waals surface area contributed by atoms with Crippen molar-refractivity contribution >= 4 is 22.8 Å². The lowest BCUT2D eigenvalue weighted by Crippen LogP contribution is -2.29. The van der Waals surface area contributed by atoms with E-state index in [0.717, 1.165) is 10.9 Å². The van der Waals surface area contributed by atoms with Gasteiger partial charge in [0.05, 0.1) is 6.54 Å². The Morgan fingerprint density at radius 2 is 1.82 bits per heavy atom. The van der Waals surface area contributed by atoms with Crippen LogP contribution in [0, 0.1) is 0 Å². The van der Waals surface area contributed by atoms with Gasteiger partial charge in [-0.1, -0.05) is 18.2 Å². The van der Waals surface area contributed by atoms with Crippen molar-refractivity contribution in [2.24, 2.45) is 5.73 Å². The van der Waals surface area contributed by atoms with Crippen molar-refractivity contribution in [2.45, 2.75) is 6.54 Å². The summed E-state index contributed by atoms with van der Waals surface area (Å²) in [7, 11) is 3.89. The zero-order valence-corrected chi connectivity index (χ0v) is 15.9. The molecule has 3 rings (SSSR count). The molecule has 2 aromatic carbocycles. The predicted octanol–water partition coefficient (Wildman–Crippen LogP) is 2.40. The van der Waals surface area contributed by atoms with Gasteiger partial charge >= 0.3 is 0 Å². The lowest BCUT2D eigenvalue weighted by Gasteiger charge is -2.11. The lowest BCUT2D eigenvalue weighted by atomic mass is 10.1. The number of primary amides is 1. The molecule has 0 unspecified atom stereocenters. The molecule has 0 saturated carbocycles. The van der Waals surface area contributed by atoms with Crippen LogP contribution in [0.5, 0.6) is 5.75 Å². The van der Waals surface area contributed by atoms with E-state index in [-0.39, 0.29) is 12.5 Å². The number of para-hydroxylation sites is 1. The maximum absolute atomic E-state index is 12.6. The number of nitrogens with zero attached hydrogens (tertiary/aromatic N) is 1. The Labute approximate surface area is 163 Å². The largest absolute Gasteiger partial charge is 0.492 e. The molecule has 28 heavy (non-hydrogen) atoms. The molecule has 0 fully saturated rings. The van der Waals surface area contributed by atoms with Crippen LogP contribution in [-0.4, -0.2) is 44.0 Å². The first-order valence-corrected chi connectivity index (χ1v) is 8.91. The average Bonchev–Trinajstić information content (AvgIpc) is 3.03. The number of fused-ring (bicyclic) bond motifs is 1. The van der Waals surface area contributed by atoms with Crippen molar-refractivity contribution in [3.05, 3.63) is 65.4 Å². The highest BCUT2D eigenvalue weighted by molar-refractivity contribution is 5.99. The second-order valence-corrected chi connectivity index (χ2v) is 6.64. The Balaban J connectivity index is 1.61. The third-order valence-electron chi connectivity index (χ3n) is 4.17. The first-order chi connectivity index (χ1) is 13.5. The summed E-state index contributed by atoms with van der Waals surface area (Å²) in [6.07, 6.45) is 0. The number of nitrogens with one attached hydrogen (secondary N) is 1. The molecule has 0 bridgehead atoms. The summed E-state index contributed by atoms with van der Waals surface area (Å²) in [5.74, 6) is 0.149. The Hall–Kier alpha value is -3.32. The number of nitrogens with two attached hydrogens (primary N) is 1. The van der Waals surface area contributed by atoms with Crippen molar-refractivity contribution in [2.75, 3.05) is 27.2 Å². The summed E-state index contributed by atoms with van der Waals surface area (Å²) in [5, 5.41) is 3.76. The van der Waals surface area contributed by atoms with E-state index in [1.54, 1.807) is 24.3 Å². The maximum atomic E-state index is 12.6. The van der Waals surface area contributed by atoms with Crippen LogP contribution in [-0.2, 0) is 6.54 Å². The number of rotatable bonds is 8. The molecule has 0 atom stereocenters. The normalized spacial score (nSPS) is 11.0. The highest BCUT2D eigenvalue weighted by Crippen LogP contribution is 2.26. The summed E-state index contributed by atoms with van der Waals surface area (Å²) in [6.45, 7) is 1.20. The van der Waals surface area contributed by atoms with Crippen LogP contribution in [0.4, 0.5) is 0 Å². The van der Waals surface area contributed by atoms with Gasteiger partial charge in [-0.2, -0.15) is 0 Å². The molecule has 0 aliphatic carbocycles. The molecule has 0 aliphatic heterocycles. The fourth-order valence-corrected chi connectivity index (χ4v) is 2.88. The maximum Gasteiger partial charge on any atom is 0.287 e. The fraction of sp³-hybridized carbons (Fsp3) is 0.238. The molecule has 0 radical (unpaired) electrons. The number of carbonyl (C=O) groups is 2. The first kappa shape index (κ1) is 19.4. The van der Waals surface area contributed by atoms with Crippen LogP contribution in [0.2, 0.25) is 0 Å². The SMILES string of the molecule is CN(C)Cc1c(C(=O)NCCOc2ccc(C(N)=O)cc2)oc2ccccc12. The minimum Gasteiger partial charge on any atom is -0.492 e. The molecule has 0 saturated heterocycles. The number of hydrogen-bond donors (Lipinski definition) is 2. The van der Waals surface area contributed by atoms with Gasteiger partial charge in [0.1, 0.15) is 17.9 Å². The second-order valence-electron chi connectivity index (χ2n) is 6.64. The van der Waals surface area contributed by atoms with Gasteiger partial charge in [0.2, 0.25) is 5.91 Å². The minimum atomic E-state index is -0.488. The summed E-state index contributed by atoms with van der Waals surface area (Å²) in [6, 6.07) is 14.1. The Morgan fingerprint density at radius 3 is 2.50 bits per heavy atom. The molecular formula is C21H23N3O4. The van der Waals surface area contributed by atoms with Crippen LogP contribution < -0.4 is 15.8 Å². The van der Waals surface area contributed by atoms with E-state index in [0.29, 0.717) is 35.7 Å². The summed E-state index contributed by atoms with van der Waals surface area (Å²) < 4.78 is 11.4. The highest BCUT2D eigenvalue weighted by atomic mass is 16.5. The van der Waals surface area contributed by atoms with E-state index in [4.69, 9.17) is 14.9 Å². The second kappa shape index (κ2) is 8.58. The molecule has 0 aliphatic rings. The third kappa shape index (κ3) is 4.50. The van der Waals surface area contributed by atoms with Gasteiger partial charge in [-0.15, -0.1) is 0 Å². The summed E-state index contributed by atoms with van der Waals surface area (Å²) in [4.78, 5) is 25.7. The van der Waals surface area contributed by atoms with E-state index >= 15 is 0 Å². The minimum absolute atomic E-state index is 0.277. The standard InChI is InChI=1S/C21H23N3O4/c1-24(2)13-17-16-5-3-4-6-18(16)28-19(17)21(26)23-11-12-27-15-9-7-14(8-10-15)20(22)25/h3-10H,11-13H2,1-2H3,(H2,22,25)(H,23,26). The van der Waals surface area contributed by atoms with Crippen LogP contribution in [0.3, 0.4) is 0 Å². The fourth-order valence-electron chi connectivity index (χ4n) is 2.88. The van der Waals surface area contributed by atoms with Crippen LogP contribution >= 0.6 is 0 Å². The van der Waals surface area contributed by atoms with Crippen LogP contribution in [0.15, 0.2) is 52.9 Å². The van der Waals surface area contributed by atoms with Gasteiger partial charge in [-0.3, -0.25) is 9.59 Å². The molecule has 0 spiro atoms. The lowest BCUT2D eigenvalue weighted by molar-refractivity contribution is 0.0918. The number of amides is 2. The zero-order chi connectivity index (χ0) is 20.1. The average molecular weight is 381 g/mol. The molecule has 7 heteroatoms. The first-order valence-electron chi connectivity index (χ1n) is 8.91. The molecule has 1 heterocycles. The van der Waals surface area contributed by atoms with Crippen LogP contribution in [0.1, 0.15) is 26.5 Å². The third-order valence-corrected chi connectivity index (χ3v) is 4.17. The van der Waals surface area contributed by atoms with Gasteiger partial charge in [0.25, 0.3) is 5.91 Å². The van der Waals surface area contributed by atoms with Crippen molar-refractivity contribution in [3.63, 3.8) is 0 Å². The van der Waals surface area contributed by atoms with Gasteiger partial charge in [-0.25, -0.2) is 0 Å². The van der Waals surface area contributed by atoms with Gasteiger partial charge in [0.15, 0.2) is 5.76 Å². The van der Waals surface area contributed by atoms with Gasteiger partial charge in [0, 0.05) is 23.1 Å². The summed E-state index contributed by atoms with van der Waals surface area (Å²) in [5.41, 5.74) is 7.17. The molecular weight excluding hydrogens is 358 g/mol. The Bertz CT molecular complexity index is 977. The van der Waals surface area contributed by atoms with E-state index in [1.165, 1.54) is 0 Å².